The van der Waals surface area contributed by atoms with Crippen LogP contribution in [0.1, 0.15) is 181 Å². The minimum Gasteiger partial charge on any atom is -0.544 e. The van der Waals surface area contributed by atoms with Gasteiger partial charge in [-0.3, -0.25) is 9.59 Å². The Labute approximate surface area is 373 Å². The molecule has 0 saturated heterocycles. The molecule has 2 atom stereocenters. The van der Waals surface area contributed by atoms with E-state index in [4.69, 9.17) is 14.2 Å². The lowest BCUT2D eigenvalue weighted by Crippen LogP contribution is -2.55. The molecule has 2 unspecified atom stereocenters. The van der Waals surface area contributed by atoms with Crippen LogP contribution in [-0.4, -0.2) is 75.5 Å². The number of allylic oxidation sites excluding steroid dienone is 14. The van der Waals surface area contributed by atoms with E-state index in [0.29, 0.717) is 12.8 Å². The SMILES string of the molecule is CC/C=C/C=C/C=C/C=C/C=C/CCCCCC(=O)OCC(COCCC(C(=O)[O-])[N+](C)(C)C)OC(=O)CCCCCCCCC/C=C/C/C=C/CCCCCCCCCC. The summed E-state index contributed by atoms with van der Waals surface area (Å²) >= 11 is 0. The van der Waals surface area contributed by atoms with Gasteiger partial charge in [-0.2, -0.15) is 0 Å². The van der Waals surface area contributed by atoms with E-state index in [1.54, 1.807) is 21.1 Å². The van der Waals surface area contributed by atoms with Crippen LogP contribution in [0.2, 0.25) is 0 Å². The quantitative estimate of drug-likeness (QED) is 0.0198. The Kier molecular flexibility index (Phi) is 40.7. The number of hydrogen-bond acceptors (Lipinski definition) is 7. The van der Waals surface area contributed by atoms with Crippen LogP contribution < -0.4 is 5.11 Å². The molecule has 0 aliphatic carbocycles. The molecule has 0 saturated carbocycles. The fraction of sp³-hybridized carbons (Fsp3) is 0.679. The van der Waals surface area contributed by atoms with Gasteiger partial charge in [-0.25, -0.2) is 0 Å². The molecule has 348 valence electrons. The zero-order valence-electron chi connectivity index (χ0n) is 39.5. The van der Waals surface area contributed by atoms with Crippen molar-refractivity contribution in [3.05, 3.63) is 85.1 Å². The van der Waals surface area contributed by atoms with Crippen molar-refractivity contribution in [1.29, 1.82) is 0 Å². The Balaban J connectivity index is 4.36. The highest BCUT2D eigenvalue weighted by Crippen LogP contribution is 2.14. The predicted molar refractivity (Wildman–Crippen MR) is 254 cm³/mol. The highest BCUT2D eigenvalue weighted by molar-refractivity contribution is 5.70. The molecular weight excluding hydrogens is 763 g/mol. The first-order chi connectivity index (χ1) is 29.6. The van der Waals surface area contributed by atoms with Gasteiger partial charge in [0, 0.05) is 19.3 Å². The average Bonchev–Trinajstić information content (AvgIpc) is 3.22. The van der Waals surface area contributed by atoms with Crippen LogP contribution in [0.3, 0.4) is 0 Å². The van der Waals surface area contributed by atoms with Crippen LogP contribution in [0.15, 0.2) is 85.1 Å². The summed E-state index contributed by atoms with van der Waals surface area (Å²) < 4.78 is 17.1. The Morgan fingerprint density at radius 1 is 0.525 bits per heavy atom. The summed E-state index contributed by atoms with van der Waals surface area (Å²) in [5, 5.41) is 11.6. The molecule has 0 aromatic heterocycles. The van der Waals surface area contributed by atoms with E-state index >= 15 is 0 Å². The highest BCUT2D eigenvalue weighted by Gasteiger charge is 2.25. The number of quaternary nitrogens is 1. The van der Waals surface area contributed by atoms with Gasteiger partial charge in [0.15, 0.2) is 6.10 Å². The molecule has 0 aromatic rings. The molecule has 61 heavy (non-hydrogen) atoms. The summed E-state index contributed by atoms with van der Waals surface area (Å²) in [5.74, 6) is -1.81. The normalized spacial score (nSPS) is 13.7. The molecule has 0 N–H and O–H groups in total. The van der Waals surface area contributed by atoms with Crippen molar-refractivity contribution in [3.63, 3.8) is 0 Å². The maximum atomic E-state index is 12.8. The lowest BCUT2D eigenvalue weighted by atomic mass is 10.1. The largest absolute Gasteiger partial charge is 0.544 e. The Morgan fingerprint density at radius 3 is 1.51 bits per heavy atom. The molecular formula is C53H89NO7. The maximum Gasteiger partial charge on any atom is 0.306 e. The van der Waals surface area contributed by atoms with E-state index in [-0.39, 0.29) is 42.7 Å². The van der Waals surface area contributed by atoms with Crippen molar-refractivity contribution < 1.29 is 38.2 Å². The van der Waals surface area contributed by atoms with Crippen LogP contribution in [-0.2, 0) is 28.6 Å². The number of esters is 2. The lowest BCUT2D eigenvalue weighted by Gasteiger charge is -2.34. The number of carboxylic acids is 1. The van der Waals surface area contributed by atoms with Crippen LogP contribution in [0.5, 0.6) is 0 Å². The molecule has 0 amide bonds. The summed E-state index contributed by atoms with van der Waals surface area (Å²) in [6, 6.07) is -0.739. The number of ether oxygens (including phenoxy) is 3. The molecule has 0 aromatic carbocycles. The summed E-state index contributed by atoms with van der Waals surface area (Å²) in [5.41, 5.74) is 0. The van der Waals surface area contributed by atoms with Gasteiger partial charge in [0.05, 0.1) is 40.3 Å². The number of nitrogens with zero attached hydrogens (tertiary/aromatic N) is 1. The number of unbranched alkanes of at least 4 members (excludes halogenated alkanes) is 18. The molecule has 0 fully saturated rings. The standard InChI is InChI=1S/C53H89NO7/c1-6-8-10-12-14-16-18-20-22-23-24-25-26-27-28-30-32-34-36-38-40-42-44-52(56)61-49(47-59-46-45-50(53(57)58)54(3,4)5)48-60-51(55)43-41-39-37-35-33-31-29-21-19-17-15-13-11-9-7-2/h9,11,13,15,17,19,21,23-24,26-27,29,31,33,49-50H,6-8,10,12,14,16,18,20,22,25,28,30,32,34-48H2,1-5H3/b11-9+,15-13+,19-17+,24-23+,27-26+,29-21+,33-31+. The summed E-state index contributed by atoms with van der Waals surface area (Å²) in [4.78, 5) is 36.9. The molecule has 0 bridgehead atoms. The van der Waals surface area contributed by atoms with Gasteiger partial charge in [0.1, 0.15) is 12.6 Å². The third-order valence-corrected chi connectivity index (χ3v) is 10.4. The third-order valence-electron chi connectivity index (χ3n) is 10.4. The Hall–Kier alpha value is -3.49. The number of rotatable bonds is 42. The minimum atomic E-state index is -1.14. The summed E-state index contributed by atoms with van der Waals surface area (Å²) in [6.45, 7) is 4.46. The van der Waals surface area contributed by atoms with Crippen molar-refractivity contribution in [3.8, 4) is 0 Å². The fourth-order valence-corrected chi connectivity index (χ4v) is 6.65. The van der Waals surface area contributed by atoms with Gasteiger partial charge >= 0.3 is 11.9 Å². The van der Waals surface area contributed by atoms with E-state index in [9.17, 15) is 19.5 Å². The van der Waals surface area contributed by atoms with Crippen molar-refractivity contribution in [2.45, 2.75) is 193 Å². The first kappa shape index (κ1) is 57.5. The number of carbonyl (C=O) groups excluding carboxylic acids is 3. The van der Waals surface area contributed by atoms with Crippen LogP contribution in [0, 0.1) is 0 Å². The molecule has 0 rings (SSSR count). The number of carboxylic acid groups (broad SMARTS) is 1. The summed E-state index contributed by atoms with van der Waals surface area (Å²) in [6.07, 6.45) is 56.1. The van der Waals surface area contributed by atoms with E-state index in [1.807, 2.05) is 48.6 Å². The predicted octanol–water partition coefficient (Wildman–Crippen LogP) is 12.4. The van der Waals surface area contributed by atoms with Crippen molar-refractivity contribution in [2.75, 3.05) is 41.0 Å². The molecule has 0 heterocycles. The van der Waals surface area contributed by atoms with Crippen molar-refractivity contribution in [1.82, 2.24) is 0 Å². The summed E-state index contributed by atoms with van der Waals surface area (Å²) in [7, 11) is 5.39. The van der Waals surface area contributed by atoms with Gasteiger partial charge in [-0.1, -0.05) is 182 Å². The molecule has 8 nitrogen and oxygen atoms in total. The van der Waals surface area contributed by atoms with E-state index < -0.39 is 18.1 Å². The van der Waals surface area contributed by atoms with Gasteiger partial charge in [0.2, 0.25) is 0 Å². The van der Waals surface area contributed by atoms with Gasteiger partial charge in [-0.15, -0.1) is 0 Å². The minimum absolute atomic E-state index is 0.0186. The monoisotopic (exact) mass is 852 g/mol. The smallest absolute Gasteiger partial charge is 0.306 e. The number of hydrogen-bond donors (Lipinski definition) is 0. The second kappa shape index (κ2) is 43.2. The highest BCUT2D eigenvalue weighted by atomic mass is 16.6. The molecule has 8 heteroatoms. The molecule has 0 aliphatic heterocycles. The second-order valence-corrected chi connectivity index (χ2v) is 17.1. The number of carbonyl (C=O) groups is 3. The van der Waals surface area contributed by atoms with E-state index in [1.165, 1.54) is 77.0 Å². The third kappa shape index (κ3) is 41.6. The lowest BCUT2D eigenvalue weighted by molar-refractivity contribution is -0.889. The first-order valence-corrected chi connectivity index (χ1v) is 24.2. The van der Waals surface area contributed by atoms with Gasteiger partial charge in [0.25, 0.3) is 0 Å². The second-order valence-electron chi connectivity index (χ2n) is 17.1. The average molecular weight is 852 g/mol. The topological polar surface area (TPSA) is 102 Å². The molecule has 0 radical (unpaired) electrons. The molecule has 0 aliphatic rings. The van der Waals surface area contributed by atoms with Crippen LogP contribution >= 0.6 is 0 Å². The van der Waals surface area contributed by atoms with Gasteiger partial charge < -0.3 is 28.6 Å². The Bertz CT molecular complexity index is 1270. The zero-order chi connectivity index (χ0) is 44.9. The maximum absolute atomic E-state index is 12.8. The fourth-order valence-electron chi connectivity index (χ4n) is 6.65. The van der Waals surface area contributed by atoms with Crippen LogP contribution in [0.4, 0.5) is 0 Å². The molecule has 0 spiro atoms. The Morgan fingerprint density at radius 2 is 0.984 bits per heavy atom. The van der Waals surface area contributed by atoms with Crippen molar-refractivity contribution in [2.24, 2.45) is 0 Å². The van der Waals surface area contributed by atoms with Crippen molar-refractivity contribution >= 4 is 17.9 Å². The van der Waals surface area contributed by atoms with E-state index in [2.05, 4.69) is 50.3 Å². The first-order valence-electron chi connectivity index (χ1n) is 24.2. The zero-order valence-corrected chi connectivity index (χ0v) is 39.5. The van der Waals surface area contributed by atoms with Crippen LogP contribution in [0.25, 0.3) is 0 Å². The van der Waals surface area contributed by atoms with Gasteiger partial charge in [-0.05, 0) is 64.2 Å². The number of likely N-dealkylation sites (N-methyl/N-ethyl adjacent to an activating group) is 1. The number of aliphatic carboxylic acids is 1. The van der Waals surface area contributed by atoms with E-state index in [0.717, 1.165) is 70.6 Å².